The molecule has 0 bridgehead atoms. The lowest BCUT2D eigenvalue weighted by atomic mass is 9.97. The third-order valence-corrected chi connectivity index (χ3v) is 5.18. The number of likely N-dealkylation sites (N-methyl/N-ethyl adjacent to an activating group) is 1. The Balaban J connectivity index is 2.19. The third kappa shape index (κ3) is 3.59. The van der Waals surface area contributed by atoms with E-state index in [9.17, 15) is 9.59 Å². The van der Waals surface area contributed by atoms with Crippen LogP contribution in [0.2, 0.25) is 0 Å². The largest absolute Gasteiger partial charge is 0.337 e. The van der Waals surface area contributed by atoms with Crippen molar-refractivity contribution in [2.45, 2.75) is 40.5 Å². The maximum Gasteiger partial charge on any atom is 0.278 e. The number of rotatable bonds is 7. The molecule has 0 unspecified atom stereocenters. The number of anilines is 1. The first kappa shape index (κ1) is 19.9. The lowest BCUT2D eigenvalue weighted by Gasteiger charge is -2.25. The molecular formula is C24H28N2O2. The van der Waals surface area contributed by atoms with Gasteiger partial charge in [0.25, 0.3) is 11.8 Å². The van der Waals surface area contributed by atoms with Crippen LogP contribution < -0.4 is 4.90 Å². The zero-order valence-corrected chi connectivity index (χ0v) is 17.2. The minimum Gasteiger partial charge on any atom is -0.337 e. The molecule has 1 aliphatic rings. The van der Waals surface area contributed by atoms with Gasteiger partial charge in [-0.15, -0.1) is 0 Å². The van der Waals surface area contributed by atoms with Gasteiger partial charge in [0, 0.05) is 18.8 Å². The molecule has 0 saturated heterocycles. The number of imide groups is 1. The quantitative estimate of drug-likeness (QED) is 0.657. The van der Waals surface area contributed by atoms with E-state index in [1.807, 2.05) is 68.1 Å². The fourth-order valence-electron chi connectivity index (χ4n) is 3.75. The predicted molar refractivity (Wildman–Crippen MR) is 114 cm³/mol. The van der Waals surface area contributed by atoms with Gasteiger partial charge in [-0.2, -0.15) is 0 Å². The average molecular weight is 377 g/mol. The number of aryl methyl sites for hydroxylation is 2. The number of carbonyl (C=O) groups is 2. The second-order valence-corrected chi connectivity index (χ2v) is 7.24. The molecule has 2 aromatic rings. The fraction of sp³-hybridized carbons (Fsp3) is 0.333. The molecule has 0 atom stereocenters. The van der Waals surface area contributed by atoms with Gasteiger partial charge in [0.1, 0.15) is 5.70 Å². The summed E-state index contributed by atoms with van der Waals surface area (Å²) < 4.78 is 0. The molecule has 0 spiro atoms. The first-order valence-electron chi connectivity index (χ1n) is 10.00. The topological polar surface area (TPSA) is 40.6 Å². The monoisotopic (exact) mass is 376 g/mol. The first-order valence-corrected chi connectivity index (χ1v) is 10.00. The Morgan fingerprint density at radius 2 is 1.64 bits per heavy atom. The van der Waals surface area contributed by atoms with Crippen LogP contribution in [0.3, 0.4) is 0 Å². The minimum absolute atomic E-state index is 0.185. The maximum absolute atomic E-state index is 13.4. The summed E-state index contributed by atoms with van der Waals surface area (Å²) in [7, 11) is 0. The molecule has 0 saturated carbocycles. The highest BCUT2D eigenvalue weighted by Gasteiger charge is 2.41. The molecule has 2 amide bonds. The van der Waals surface area contributed by atoms with E-state index in [1.165, 1.54) is 4.90 Å². The summed E-state index contributed by atoms with van der Waals surface area (Å²) in [4.78, 5) is 30.1. The third-order valence-electron chi connectivity index (χ3n) is 5.18. The predicted octanol–water partition coefficient (Wildman–Crippen LogP) is 4.71. The van der Waals surface area contributed by atoms with Crippen molar-refractivity contribution in [1.82, 2.24) is 4.90 Å². The van der Waals surface area contributed by atoms with E-state index in [2.05, 4.69) is 13.0 Å². The molecule has 2 aromatic carbocycles. The molecule has 0 fully saturated rings. The smallest absolute Gasteiger partial charge is 0.278 e. The van der Waals surface area contributed by atoms with E-state index in [-0.39, 0.29) is 11.8 Å². The molecule has 0 aliphatic carbocycles. The summed E-state index contributed by atoms with van der Waals surface area (Å²) in [5, 5.41) is 0. The van der Waals surface area contributed by atoms with Gasteiger partial charge in [-0.3, -0.25) is 14.5 Å². The Labute approximate surface area is 167 Å². The van der Waals surface area contributed by atoms with Gasteiger partial charge in [-0.1, -0.05) is 55.3 Å². The van der Waals surface area contributed by atoms with Gasteiger partial charge in [0.05, 0.1) is 5.57 Å². The van der Waals surface area contributed by atoms with Crippen LogP contribution in [0.25, 0.3) is 5.57 Å². The summed E-state index contributed by atoms with van der Waals surface area (Å²) >= 11 is 0. The minimum atomic E-state index is -0.195. The van der Waals surface area contributed by atoms with Crippen LogP contribution in [0, 0.1) is 13.8 Å². The molecule has 0 aromatic heterocycles. The molecular weight excluding hydrogens is 348 g/mol. The van der Waals surface area contributed by atoms with Gasteiger partial charge >= 0.3 is 0 Å². The lowest BCUT2D eigenvalue weighted by molar-refractivity contribution is -0.136. The number of hydrogen-bond acceptors (Lipinski definition) is 3. The average Bonchev–Trinajstić information content (AvgIpc) is 2.92. The van der Waals surface area contributed by atoms with Crippen LogP contribution in [0.5, 0.6) is 0 Å². The summed E-state index contributed by atoms with van der Waals surface area (Å²) in [6.45, 7) is 9.16. The summed E-state index contributed by atoms with van der Waals surface area (Å²) in [6, 6.07) is 15.8. The molecule has 3 rings (SSSR count). The maximum atomic E-state index is 13.4. The van der Waals surface area contributed by atoms with Gasteiger partial charge in [0.2, 0.25) is 0 Å². The van der Waals surface area contributed by atoms with Crippen molar-refractivity contribution in [2.75, 3.05) is 18.0 Å². The van der Waals surface area contributed by atoms with Crippen molar-refractivity contribution in [2.24, 2.45) is 0 Å². The van der Waals surface area contributed by atoms with Gasteiger partial charge in [-0.05, 0) is 50.5 Å². The molecule has 28 heavy (non-hydrogen) atoms. The normalized spacial score (nSPS) is 14.2. The summed E-state index contributed by atoms with van der Waals surface area (Å²) in [5.41, 5.74) is 4.91. The number of nitrogens with zero attached hydrogens (tertiary/aromatic N) is 2. The van der Waals surface area contributed by atoms with Crippen LogP contribution in [0.1, 0.15) is 43.4 Å². The summed E-state index contributed by atoms with van der Waals surface area (Å²) in [6.07, 6.45) is 1.74. The van der Waals surface area contributed by atoms with Crippen molar-refractivity contribution >= 4 is 23.1 Å². The van der Waals surface area contributed by atoms with Crippen LogP contribution in [-0.4, -0.2) is 29.8 Å². The van der Waals surface area contributed by atoms with Crippen molar-refractivity contribution in [3.63, 3.8) is 0 Å². The second kappa shape index (κ2) is 8.42. The Morgan fingerprint density at radius 1 is 0.929 bits per heavy atom. The van der Waals surface area contributed by atoms with Crippen molar-refractivity contribution in [3.8, 4) is 0 Å². The lowest BCUT2D eigenvalue weighted by Crippen LogP contribution is -2.36. The van der Waals surface area contributed by atoms with E-state index in [1.54, 1.807) is 0 Å². The SMILES string of the molecule is CCCCN1C(=O)C(c2ccc(C)cc2C)=C(N(CC)c2ccccc2)C1=O. The van der Waals surface area contributed by atoms with Crippen molar-refractivity contribution in [3.05, 3.63) is 70.9 Å². The number of benzene rings is 2. The fourth-order valence-corrected chi connectivity index (χ4v) is 3.75. The van der Waals surface area contributed by atoms with E-state index < -0.39 is 0 Å². The number of para-hydroxylation sites is 1. The zero-order chi connectivity index (χ0) is 20.3. The van der Waals surface area contributed by atoms with E-state index >= 15 is 0 Å². The molecule has 1 heterocycles. The van der Waals surface area contributed by atoms with Gasteiger partial charge in [0.15, 0.2) is 0 Å². The van der Waals surface area contributed by atoms with Crippen molar-refractivity contribution in [1.29, 1.82) is 0 Å². The zero-order valence-electron chi connectivity index (χ0n) is 17.2. The molecule has 4 nitrogen and oxygen atoms in total. The molecule has 0 radical (unpaired) electrons. The molecule has 1 aliphatic heterocycles. The van der Waals surface area contributed by atoms with Crippen LogP contribution in [0.15, 0.2) is 54.2 Å². The highest BCUT2D eigenvalue weighted by atomic mass is 16.2. The molecule has 146 valence electrons. The van der Waals surface area contributed by atoms with Crippen LogP contribution in [-0.2, 0) is 9.59 Å². The Bertz CT molecular complexity index is 915. The second-order valence-electron chi connectivity index (χ2n) is 7.24. The van der Waals surface area contributed by atoms with Crippen molar-refractivity contribution < 1.29 is 9.59 Å². The first-order chi connectivity index (χ1) is 13.5. The highest BCUT2D eigenvalue weighted by molar-refractivity contribution is 6.37. The van der Waals surface area contributed by atoms with E-state index in [0.29, 0.717) is 24.4 Å². The van der Waals surface area contributed by atoms with Crippen LogP contribution in [0.4, 0.5) is 5.69 Å². The van der Waals surface area contributed by atoms with Gasteiger partial charge < -0.3 is 4.90 Å². The Hall–Kier alpha value is -2.88. The standard InChI is InChI=1S/C24H28N2O2/c1-5-7-15-26-23(27)21(20-14-13-17(3)16-18(20)4)22(24(26)28)25(6-2)19-11-9-8-10-12-19/h8-14,16H,5-7,15H2,1-4H3. The number of hydrogen-bond donors (Lipinski definition) is 0. The molecule has 0 N–H and O–H groups in total. The Morgan fingerprint density at radius 3 is 2.25 bits per heavy atom. The van der Waals surface area contributed by atoms with E-state index in [4.69, 9.17) is 0 Å². The summed E-state index contributed by atoms with van der Waals surface area (Å²) in [5.74, 6) is -0.381. The van der Waals surface area contributed by atoms with Gasteiger partial charge in [-0.25, -0.2) is 0 Å². The number of amides is 2. The number of unbranched alkanes of at least 4 members (excludes halogenated alkanes) is 1. The van der Waals surface area contributed by atoms with Crippen LogP contribution >= 0.6 is 0 Å². The molecule has 4 heteroatoms. The Kier molecular flexibility index (Phi) is 5.98. The number of carbonyl (C=O) groups excluding carboxylic acids is 2. The van der Waals surface area contributed by atoms with E-state index in [0.717, 1.165) is 35.2 Å². The highest BCUT2D eigenvalue weighted by Crippen LogP contribution is 2.35.